The number of nitrogens with zero attached hydrogens (tertiary/aromatic N) is 4. The third-order valence-electron chi connectivity index (χ3n) is 4.87. The second-order valence-corrected chi connectivity index (χ2v) is 6.64. The van der Waals surface area contributed by atoms with Gasteiger partial charge in [-0.2, -0.15) is 5.10 Å². The van der Waals surface area contributed by atoms with Gasteiger partial charge in [-0.05, 0) is 69.9 Å². The molecule has 0 radical (unpaired) electrons. The van der Waals surface area contributed by atoms with Gasteiger partial charge in [0.25, 0.3) is 0 Å². The minimum Gasteiger partial charge on any atom is -0.366 e. The van der Waals surface area contributed by atoms with Gasteiger partial charge in [0.1, 0.15) is 5.82 Å². The number of pyridine rings is 1. The third kappa shape index (κ3) is 4.55. The van der Waals surface area contributed by atoms with E-state index in [0.29, 0.717) is 6.04 Å². The van der Waals surface area contributed by atoms with E-state index < -0.39 is 0 Å². The van der Waals surface area contributed by atoms with Crippen LogP contribution in [0.2, 0.25) is 0 Å². The van der Waals surface area contributed by atoms with Gasteiger partial charge in [-0.15, -0.1) is 0 Å². The van der Waals surface area contributed by atoms with E-state index in [1.54, 1.807) is 0 Å². The van der Waals surface area contributed by atoms with Gasteiger partial charge in [0.2, 0.25) is 0 Å². The fourth-order valence-corrected chi connectivity index (χ4v) is 3.24. The van der Waals surface area contributed by atoms with E-state index in [1.807, 2.05) is 17.1 Å². The van der Waals surface area contributed by atoms with Gasteiger partial charge in [-0.3, -0.25) is 9.67 Å². The Morgan fingerprint density at radius 1 is 1.22 bits per heavy atom. The van der Waals surface area contributed by atoms with Crippen molar-refractivity contribution in [3.63, 3.8) is 0 Å². The van der Waals surface area contributed by atoms with E-state index in [0.717, 1.165) is 24.7 Å². The first-order chi connectivity index (χ1) is 11.2. The number of rotatable bonds is 6. The molecule has 0 spiro atoms. The predicted octanol–water partition coefficient (Wildman–Crippen LogP) is 2.66. The number of nitrogens with one attached hydrogen (secondary N) is 1. The Balaban J connectivity index is 1.49. The van der Waals surface area contributed by atoms with Crippen molar-refractivity contribution in [3.05, 3.63) is 42.4 Å². The molecule has 0 unspecified atom stereocenters. The largest absolute Gasteiger partial charge is 0.366 e. The highest BCUT2D eigenvalue weighted by molar-refractivity contribution is 5.33. The summed E-state index contributed by atoms with van der Waals surface area (Å²) in [6.45, 7) is 5.59. The van der Waals surface area contributed by atoms with Crippen LogP contribution < -0.4 is 5.32 Å². The van der Waals surface area contributed by atoms with E-state index >= 15 is 0 Å². The molecule has 3 rings (SSSR count). The van der Waals surface area contributed by atoms with Crippen LogP contribution in [0.3, 0.4) is 0 Å². The van der Waals surface area contributed by atoms with Crippen LogP contribution in [-0.2, 0) is 13.0 Å². The highest BCUT2D eigenvalue weighted by Crippen LogP contribution is 2.22. The van der Waals surface area contributed by atoms with Gasteiger partial charge in [0.05, 0.1) is 0 Å². The summed E-state index contributed by atoms with van der Waals surface area (Å²) in [5.74, 6) is 1.74. The molecule has 1 fully saturated rings. The number of hydrogen-bond acceptors (Lipinski definition) is 4. The lowest BCUT2D eigenvalue weighted by Crippen LogP contribution is -2.37. The molecule has 5 heteroatoms. The van der Waals surface area contributed by atoms with Crippen molar-refractivity contribution in [3.8, 4) is 0 Å². The normalized spacial score (nSPS) is 18.0. The summed E-state index contributed by atoms with van der Waals surface area (Å²) in [7, 11) is 2.21. The van der Waals surface area contributed by atoms with E-state index in [1.165, 1.54) is 31.5 Å². The lowest BCUT2D eigenvalue weighted by atomic mass is 9.90. The van der Waals surface area contributed by atoms with Crippen LogP contribution in [-0.4, -0.2) is 45.8 Å². The number of hydrogen-bond donors (Lipinski definition) is 1. The maximum atomic E-state index is 4.65. The summed E-state index contributed by atoms with van der Waals surface area (Å²) in [6, 6.07) is 6.68. The van der Waals surface area contributed by atoms with Gasteiger partial charge in [-0.25, -0.2) is 0 Å². The second kappa shape index (κ2) is 7.59. The van der Waals surface area contributed by atoms with Gasteiger partial charge < -0.3 is 10.2 Å². The standard InChI is InChI=1S/C18H27N5/c1-15(17-6-11-22(2)12-7-17)20-18-8-14-23(21-18)13-5-16-3-9-19-10-4-16/h3-4,8-10,14-15,17H,5-7,11-13H2,1-2H3,(H,20,21)/t15-/m0/s1. The first-order valence-corrected chi connectivity index (χ1v) is 8.58. The molecule has 0 bridgehead atoms. The monoisotopic (exact) mass is 313 g/mol. The second-order valence-electron chi connectivity index (χ2n) is 6.64. The van der Waals surface area contributed by atoms with Gasteiger partial charge in [0, 0.05) is 37.2 Å². The fraction of sp³-hybridized carbons (Fsp3) is 0.556. The Labute approximate surface area is 138 Å². The molecule has 3 heterocycles. The van der Waals surface area contributed by atoms with Crippen LogP contribution in [0.4, 0.5) is 5.82 Å². The number of aromatic nitrogens is 3. The van der Waals surface area contributed by atoms with Gasteiger partial charge >= 0.3 is 0 Å². The Morgan fingerprint density at radius 2 is 1.96 bits per heavy atom. The molecule has 0 amide bonds. The molecule has 1 atom stereocenters. The van der Waals surface area contributed by atoms with Crippen molar-refractivity contribution in [1.29, 1.82) is 0 Å². The first-order valence-electron chi connectivity index (χ1n) is 8.58. The van der Waals surface area contributed by atoms with Crippen LogP contribution >= 0.6 is 0 Å². The van der Waals surface area contributed by atoms with Crippen molar-refractivity contribution in [2.24, 2.45) is 5.92 Å². The molecule has 1 aliphatic heterocycles. The molecule has 1 N–H and O–H groups in total. The lowest BCUT2D eigenvalue weighted by Gasteiger charge is -2.33. The van der Waals surface area contributed by atoms with E-state index in [9.17, 15) is 0 Å². The molecule has 0 saturated carbocycles. The molecule has 1 saturated heterocycles. The SMILES string of the molecule is C[C@H](Nc1ccn(CCc2ccncc2)n1)C1CCN(C)CC1. The summed E-state index contributed by atoms with van der Waals surface area (Å²) in [5, 5.41) is 8.24. The molecule has 23 heavy (non-hydrogen) atoms. The first kappa shape index (κ1) is 16.0. The minimum absolute atomic E-state index is 0.479. The number of piperidine rings is 1. The minimum atomic E-state index is 0.479. The van der Waals surface area contributed by atoms with Gasteiger partial charge in [-0.1, -0.05) is 0 Å². The quantitative estimate of drug-likeness (QED) is 0.890. The van der Waals surface area contributed by atoms with Crippen molar-refractivity contribution in [2.45, 2.75) is 38.8 Å². The maximum absolute atomic E-state index is 4.65. The van der Waals surface area contributed by atoms with Crippen molar-refractivity contribution in [2.75, 3.05) is 25.5 Å². The third-order valence-corrected chi connectivity index (χ3v) is 4.87. The van der Waals surface area contributed by atoms with Crippen molar-refractivity contribution in [1.82, 2.24) is 19.7 Å². The zero-order chi connectivity index (χ0) is 16.1. The van der Waals surface area contributed by atoms with E-state index in [-0.39, 0.29) is 0 Å². The molecule has 124 valence electrons. The smallest absolute Gasteiger partial charge is 0.148 e. The highest BCUT2D eigenvalue weighted by atomic mass is 15.3. The topological polar surface area (TPSA) is 46.0 Å². The van der Waals surface area contributed by atoms with E-state index in [4.69, 9.17) is 0 Å². The Morgan fingerprint density at radius 3 is 2.70 bits per heavy atom. The van der Waals surface area contributed by atoms with Crippen LogP contribution in [0.1, 0.15) is 25.3 Å². The molecule has 0 aliphatic carbocycles. The summed E-state index contributed by atoms with van der Waals surface area (Å²) in [5.41, 5.74) is 1.30. The van der Waals surface area contributed by atoms with Crippen LogP contribution in [0.5, 0.6) is 0 Å². The average Bonchev–Trinajstić information content (AvgIpc) is 3.02. The summed E-state index contributed by atoms with van der Waals surface area (Å²) in [4.78, 5) is 6.46. The Hall–Kier alpha value is -1.88. The Bertz CT molecular complexity index is 586. The molecular weight excluding hydrogens is 286 g/mol. The predicted molar refractivity (Wildman–Crippen MR) is 93.5 cm³/mol. The molecule has 1 aliphatic rings. The Kier molecular flexibility index (Phi) is 5.28. The highest BCUT2D eigenvalue weighted by Gasteiger charge is 2.22. The molecule has 2 aromatic rings. The maximum Gasteiger partial charge on any atom is 0.148 e. The molecule has 2 aromatic heterocycles. The van der Waals surface area contributed by atoms with Crippen molar-refractivity contribution >= 4 is 5.82 Å². The summed E-state index contributed by atoms with van der Waals surface area (Å²) < 4.78 is 2.02. The zero-order valence-corrected chi connectivity index (χ0v) is 14.2. The van der Waals surface area contributed by atoms with E-state index in [2.05, 4.69) is 58.7 Å². The summed E-state index contributed by atoms with van der Waals surface area (Å²) >= 11 is 0. The van der Waals surface area contributed by atoms with Gasteiger partial charge in [0.15, 0.2) is 0 Å². The number of anilines is 1. The molecular formula is C18H27N5. The fourth-order valence-electron chi connectivity index (χ4n) is 3.24. The number of likely N-dealkylation sites (tertiary alicyclic amines) is 1. The van der Waals surface area contributed by atoms with Crippen LogP contribution in [0.15, 0.2) is 36.8 Å². The zero-order valence-electron chi connectivity index (χ0n) is 14.2. The van der Waals surface area contributed by atoms with Crippen molar-refractivity contribution < 1.29 is 0 Å². The lowest BCUT2D eigenvalue weighted by molar-refractivity contribution is 0.208. The average molecular weight is 313 g/mol. The molecule has 0 aromatic carbocycles. The van der Waals surface area contributed by atoms with Crippen LogP contribution in [0, 0.1) is 5.92 Å². The number of aryl methyl sites for hydroxylation is 2. The molecule has 5 nitrogen and oxygen atoms in total. The van der Waals surface area contributed by atoms with Crippen LogP contribution in [0.25, 0.3) is 0 Å². The summed E-state index contributed by atoms with van der Waals surface area (Å²) in [6.07, 6.45) is 9.27.